The van der Waals surface area contributed by atoms with Crippen LogP contribution in [-0.4, -0.2) is 11.1 Å². The van der Waals surface area contributed by atoms with E-state index in [4.69, 9.17) is 5.11 Å². The predicted molar refractivity (Wildman–Crippen MR) is 44.4 cm³/mol. The lowest BCUT2D eigenvalue weighted by Crippen LogP contribution is -2.36. The minimum Gasteiger partial charge on any atom is -0.477 e. The average Bonchev–Trinajstić information content (AvgIpc) is 2.05. The molecule has 1 N–H and O–H groups in total. The number of pyridine rings is 1. The zero-order chi connectivity index (χ0) is 8.97. The first-order valence-corrected chi connectivity index (χ1v) is 3.55. The van der Waals surface area contributed by atoms with Crippen molar-refractivity contribution in [1.29, 1.82) is 0 Å². The molecule has 0 saturated carbocycles. The van der Waals surface area contributed by atoms with Crippen LogP contribution in [0.15, 0.2) is 31.1 Å². The van der Waals surface area contributed by atoms with Crippen molar-refractivity contribution in [3.05, 3.63) is 36.7 Å². The van der Waals surface area contributed by atoms with Gasteiger partial charge < -0.3 is 5.11 Å². The highest BCUT2D eigenvalue weighted by molar-refractivity contribution is 5.64. The van der Waals surface area contributed by atoms with Crippen LogP contribution in [0.2, 0.25) is 0 Å². The van der Waals surface area contributed by atoms with Gasteiger partial charge in [0.2, 0.25) is 6.54 Å². The normalized spacial score (nSPS) is 9.33. The molecule has 0 saturated heterocycles. The molecule has 0 aliphatic carbocycles. The lowest BCUT2D eigenvalue weighted by molar-refractivity contribution is -0.685. The fourth-order valence-electron chi connectivity index (χ4n) is 0.867. The molecule has 1 aromatic rings. The third-order valence-electron chi connectivity index (χ3n) is 1.47. The molecule has 0 atom stereocenters. The summed E-state index contributed by atoms with van der Waals surface area (Å²) in [5.41, 5.74) is 0.983. The fourth-order valence-corrected chi connectivity index (χ4v) is 0.867. The molecule has 0 radical (unpaired) electrons. The van der Waals surface area contributed by atoms with E-state index in [9.17, 15) is 4.79 Å². The summed E-state index contributed by atoms with van der Waals surface area (Å²) in [5.74, 6) is -0.841. The van der Waals surface area contributed by atoms with Crippen LogP contribution in [0.25, 0.3) is 6.08 Å². The molecule has 0 aliphatic rings. The van der Waals surface area contributed by atoms with Gasteiger partial charge in [-0.05, 0) is 5.56 Å². The Kier molecular flexibility index (Phi) is 2.58. The molecule has 3 heteroatoms. The second kappa shape index (κ2) is 3.67. The lowest BCUT2D eigenvalue weighted by Gasteiger charge is -1.92. The van der Waals surface area contributed by atoms with Crippen LogP contribution in [0.3, 0.4) is 0 Å². The van der Waals surface area contributed by atoms with E-state index < -0.39 is 5.97 Å². The van der Waals surface area contributed by atoms with E-state index in [-0.39, 0.29) is 6.54 Å². The fraction of sp³-hybridized carbons (Fsp3) is 0.111. The molecule has 0 aromatic carbocycles. The van der Waals surface area contributed by atoms with Gasteiger partial charge in [0.1, 0.15) is 0 Å². The molecule has 3 nitrogen and oxygen atoms in total. The number of nitrogens with zero attached hydrogens (tertiary/aromatic N) is 1. The maximum absolute atomic E-state index is 10.3. The summed E-state index contributed by atoms with van der Waals surface area (Å²) >= 11 is 0. The Morgan fingerprint density at radius 1 is 1.58 bits per heavy atom. The highest BCUT2D eigenvalue weighted by Crippen LogP contribution is 1.94. The van der Waals surface area contributed by atoms with Gasteiger partial charge in [0.05, 0.1) is 0 Å². The molecule has 1 heterocycles. The average molecular weight is 164 g/mol. The zero-order valence-electron chi connectivity index (χ0n) is 6.60. The predicted octanol–water partition coefficient (Wildman–Crippen LogP) is 0.702. The number of rotatable bonds is 3. The molecule has 0 fully saturated rings. The van der Waals surface area contributed by atoms with Crippen molar-refractivity contribution in [1.82, 2.24) is 0 Å². The van der Waals surface area contributed by atoms with E-state index in [1.807, 2.05) is 12.1 Å². The van der Waals surface area contributed by atoms with E-state index in [1.165, 1.54) is 0 Å². The Balaban J connectivity index is 2.77. The van der Waals surface area contributed by atoms with Gasteiger partial charge in [0.15, 0.2) is 12.4 Å². The van der Waals surface area contributed by atoms with Gasteiger partial charge in [-0.3, -0.25) is 0 Å². The van der Waals surface area contributed by atoms with Gasteiger partial charge in [-0.25, -0.2) is 4.79 Å². The summed E-state index contributed by atoms with van der Waals surface area (Å²) in [5, 5.41) is 8.45. The van der Waals surface area contributed by atoms with E-state index in [0.29, 0.717) is 0 Å². The molecule has 0 spiro atoms. The topological polar surface area (TPSA) is 41.2 Å². The van der Waals surface area contributed by atoms with Crippen molar-refractivity contribution in [3.8, 4) is 0 Å². The number of carboxylic acids is 1. The smallest absolute Gasteiger partial charge is 0.370 e. The summed E-state index contributed by atoms with van der Waals surface area (Å²) in [7, 11) is 0. The number of hydrogen-bond acceptors (Lipinski definition) is 1. The standard InChI is InChI=1S/C9H9NO2/c1-2-8-3-5-10(6-4-8)7-9(11)12/h2-6H,1,7H2/p+1. The molecule has 0 aliphatic heterocycles. The molecule has 0 amide bonds. The summed E-state index contributed by atoms with van der Waals surface area (Å²) in [4.78, 5) is 10.3. The summed E-state index contributed by atoms with van der Waals surface area (Å²) in [6, 6.07) is 3.63. The van der Waals surface area contributed by atoms with Gasteiger partial charge >= 0.3 is 5.97 Å². The van der Waals surface area contributed by atoms with Crippen LogP contribution < -0.4 is 4.57 Å². The molecular formula is C9H10NO2+. The van der Waals surface area contributed by atoms with Crippen molar-refractivity contribution in [3.63, 3.8) is 0 Å². The highest BCUT2D eigenvalue weighted by Gasteiger charge is 2.04. The monoisotopic (exact) mass is 164 g/mol. The number of carboxylic acid groups (broad SMARTS) is 1. The van der Waals surface area contributed by atoms with E-state index in [0.717, 1.165) is 5.56 Å². The third kappa shape index (κ3) is 2.20. The van der Waals surface area contributed by atoms with Gasteiger partial charge in [-0.2, -0.15) is 4.57 Å². The van der Waals surface area contributed by atoms with Crippen molar-refractivity contribution in [2.45, 2.75) is 6.54 Å². The zero-order valence-corrected chi connectivity index (χ0v) is 6.60. The van der Waals surface area contributed by atoms with E-state index in [2.05, 4.69) is 6.58 Å². The van der Waals surface area contributed by atoms with E-state index >= 15 is 0 Å². The second-order valence-corrected chi connectivity index (χ2v) is 2.40. The van der Waals surface area contributed by atoms with E-state index in [1.54, 1.807) is 23.0 Å². The number of hydrogen-bond donors (Lipinski definition) is 1. The summed E-state index contributed by atoms with van der Waals surface area (Å²) in [6.07, 6.45) is 5.14. The SMILES string of the molecule is C=Cc1cc[n+](CC(=O)O)cc1. The van der Waals surface area contributed by atoms with Crippen LogP contribution in [0.4, 0.5) is 0 Å². The quantitative estimate of drug-likeness (QED) is 0.668. The Morgan fingerprint density at radius 2 is 2.17 bits per heavy atom. The first-order chi connectivity index (χ1) is 5.72. The Morgan fingerprint density at radius 3 is 2.58 bits per heavy atom. The Labute approximate surface area is 70.6 Å². The van der Waals surface area contributed by atoms with Gasteiger partial charge in [-0.1, -0.05) is 12.7 Å². The summed E-state index contributed by atoms with van der Waals surface area (Å²) < 4.78 is 1.59. The lowest BCUT2D eigenvalue weighted by atomic mass is 10.3. The van der Waals surface area contributed by atoms with Crippen molar-refractivity contribution < 1.29 is 14.5 Å². The third-order valence-corrected chi connectivity index (χ3v) is 1.47. The van der Waals surface area contributed by atoms with Crippen molar-refractivity contribution in [2.24, 2.45) is 0 Å². The van der Waals surface area contributed by atoms with Gasteiger partial charge in [0, 0.05) is 12.1 Å². The summed E-state index contributed by atoms with van der Waals surface area (Å²) in [6.45, 7) is 3.59. The molecule has 1 rings (SSSR count). The number of aromatic nitrogens is 1. The van der Waals surface area contributed by atoms with Crippen LogP contribution >= 0.6 is 0 Å². The van der Waals surface area contributed by atoms with Gasteiger partial charge in [0.25, 0.3) is 0 Å². The Hall–Kier alpha value is -1.64. The molecule has 0 unspecified atom stereocenters. The first kappa shape index (κ1) is 8.46. The largest absolute Gasteiger partial charge is 0.477 e. The molecule has 12 heavy (non-hydrogen) atoms. The number of aliphatic carboxylic acids is 1. The Bertz CT molecular complexity index is 290. The first-order valence-electron chi connectivity index (χ1n) is 3.55. The maximum atomic E-state index is 10.3. The molecule has 1 aromatic heterocycles. The van der Waals surface area contributed by atoms with Crippen LogP contribution in [0, 0.1) is 0 Å². The highest BCUT2D eigenvalue weighted by atomic mass is 16.4. The second-order valence-electron chi connectivity index (χ2n) is 2.40. The van der Waals surface area contributed by atoms with Crippen molar-refractivity contribution in [2.75, 3.05) is 0 Å². The minimum absolute atomic E-state index is 0.00256. The van der Waals surface area contributed by atoms with Crippen LogP contribution in [-0.2, 0) is 11.3 Å². The molecular weight excluding hydrogens is 154 g/mol. The maximum Gasteiger partial charge on any atom is 0.370 e. The molecule has 0 bridgehead atoms. The minimum atomic E-state index is -0.841. The van der Waals surface area contributed by atoms with Crippen LogP contribution in [0.5, 0.6) is 0 Å². The van der Waals surface area contributed by atoms with Crippen LogP contribution in [0.1, 0.15) is 5.56 Å². The molecule has 62 valence electrons. The van der Waals surface area contributed by atoms with Gasteiger partial charge in [-0.15, -0.1) is 0 Å². The number of carbonyl (C=O) groups is 1. The van der Waals surface area contributed by atoms with Crippen molar-refractivity contribution >= 4 is 12.0 Å².